The highest BCUT2D eigenvalue weighted by molar-refractivity contribution is 9.10. The van der Waals surface area contributed by atoms with Crippen molar-refractivity contribution in [3.8, 4) is 5.75 Å². The molecule has 1 unspecified atom stereocenters. The summed E-state index contributed by atoms with van der Waals surface area (Å²) in [6.07, 6.45) is 0.400. The van der Waals surface area contributed by atoms with Gasteiger partial charge < -0.3 is 25.8 Å². The molecule has 1 aliphatic heterocycles. The van der Waals surface area contributed by atoms with Gasteiger partial charge in [-0.15, -0.1) is 0 Å². The zero-order valence-corrected chi connectivity index (χ0v) is 18.6. The smallest absolute Gasteiger partial charge is 0.305 e. The van der Waals surface area contributed by atoms with Crippen molar-refractivity contribution in [2.45, 2.75) is 37.3 Å². The molecule has 9 heteroatoms. The van der Waals surface area contributed by atoms with Crippen LogP contribution in [0.1, 0.15) is 36.4 Å². The third-order valence-electron chi connectivity index (χ3n) is 5.81. The molecule has 0 bridgehead atoms. The number of hydrogen-bond donors (Lipinski definition) is 5. The third-order valence-corrected chi connectivity index (χ3v) is 6.49. The van der Waals surface area contributed by atoms with Crippen molar-refractivity contribution < 1.29 is 24.6 Å². The Morgan fingerprint density at radius 1 is 1.16 bits per heavy atom. The van der Waals surface area contributed by atoms with E-state index in [0.29, 0.717) is 12.0 Å². The number of benzene rings is 2. The van der Waals surface area contributed by atoms with Crippen molar-refractivity contribution in [1.29, 1.82) is 0 Å². The number of aromatic hydroxyl groups is 1. The van der Waals surface area contributed by atoms with Gasteiger partial charge in [-0.3, -0.25) is 14.4 Å². The van der Waals surface area contributed by atoms with Gasteiger partial charge in [-0.1, -0.05) is 30.3 Å². The molecular formula is C23H22BrN3O5. The Kier molecular flexibility index (Phi) is 5.92. The van der Waals surface area contributed by atoms with E-state index >= 15 is 0 Å². The van der Waals surface area contributed by atoms with Gasteiger partial charge in [0, 0.05) is 23.7 Å². The number of fused-ring (bicyclic) bond motifs is 1. The Morgan fingerprint density at radius 2 is 1.88 bits per heavy atom. The molecule has 5 N–H and O–H groups in total. The number of carbonyl (C=O) groups is 3. The highest BCUT2D eigenvalue weighted by atomic mass is 79.9. The van der Waals surface area contributed by atoms with Gasteiger partial charge in [-0.05, 0) is 51.7 Å². The average Bonchev–Trinajstić information content (AvgIpc) is 3.28. The van der Waals surface area contributed by atoms with Gasteiger partial charge in [-0.25, -0.2) is 0 Å². The number of nitrogens with one attached hydrogen (secondary N) is 3. The topological polar surface area (TPSA) is 132 Å². The summed E-state index contributed by atoms with van der Waals surface area (Å²) in [6, 6.07) is 12.9. The number of carbonyl (C=O) groups excluding carboxylic acids is 2. The number of aromatic amines is 1. The predicted octanol–water partition coefficient (Wildman–Crippen LogP) is 3.16. The number of halogens is 1. The second-order valence-corrected chi connectivity index (χ2v) is 8.78. The lowest BCUT2D eigenvalue weighted by Gasteiger charge is -2.30. The number of H-pyrrole nitrogens is 1. The highest BCUT2D eigenvalue weighted by Gasteiger charge is 2.46. The second kappa shape index (κ2) is 8.66. The number of carboxylic acid groups (broad SMARTS) is 1. The van der Waals surface area contributed by atoms with E-state index in [1.165, 1.54) is 12.1 Å². The van der Waals surface area contributed by atoms with Crippen LogP contribution in [0.25, 0.3) is 10.9 Å². The minimum Gasteiger partial charge on any atom is -0.508 e. The maximum atomic E-state index is 13.5. The van der Waals surface area contributed by atoms with Crippen LogP contribution in [-0.2, 0) is 20.8 Å². The van der Waals surface area contributed by atoms with Crippen molar-refractivity contribution in [3.05, 3.63) is 64.3 Å². The summed E-state index contributed by atoms with van der Waals surface area (Å²) in [5.74, 6) is -1.71. The molecule has 1 fully saturated rings. The summed E-state index contributed by atoms with van der Waals surface area (Å²) in [5, 5.41) is 25.5. The Bertz CT molecular complexity index is 1190. The standard InChI is InChI=1S/C23H22BrN3O5/c24-21-16(15-3-1-2-4-17(15)25-21)12-23(10-9-19(29)27-23)22(32)26-18(11-20(30)31)13-5-7-14(28)8-6-13/h1-8,18,25,28H,9-12H2,(H,26,32)(H,27,29)(H,30,31)/t18-,23?/m1/s1. The Hall–Kier alpha value is -3.33. The molecular weight excluding hydrogens is 478 g/mol. The fourth-order valence-corrected chi connectivity index (χ4v) is 4.74. The molecule has 0 spiro atoms. The molecule has 1 saturated heterocycles. The van der Waals surface area contributed by atoms with Gasteiger partial charge in [0.25, 0.3) is 0 Å². The van der Waals surface area contributed by atoms with Crippen LogP contribution >= 0.6 is 15.9 Å². The minimum atomic E-state index is -1.21. The highest BCUT2D eigenvalue weighted by Crippen LogP contribution is 2.34. The summed E-state index contributed by atoms with van der Waals surface area (Å²) in [4.78, 5) is 40.4. The van der Waals surface area contributed by atoms with Crippen molar-refractivity contribution in [3.63, 3.8) is 0 Å². The van der Waals surface area contributed by atoms with Crippen molar-refractivity contribution in [1.82, 2.24) is 15.6 Å². The Morgan fingerprint density at radius 3 is 2.53 bits per heavy atom. The van der Waals surface area contributed by atoms with Crippen molar-refractivity contribution >= 4 is 44.6 Å². The maximum Gasteiger partial charge on any atom is 0.305 e. The predicted molar refractivity (Wildman–Crippen MR) is 121 cm³/mol. The number of hydrogen-bond acceptors (Lipinski definition) is 4. The van der Waals surface area contributed by atoms with Gasteiger partial charge >= 0.3 is 5.97 Å². The van der Waals surface area contributed by atoms with E-state index < -0.39 is 23.5 Å². The lowest BCUT2D eigenvalue weighted by molar-refractivity contribution is -0.138. The molecule has 2 heterocycles. The first-order valence-corrected chi connectivity index (χ1v) is 10.9. The molecule has 1 aliphatic rings. The van der Waals surface area contributed by atoms with E-state index in [-0.39, 0.29) is 30.9 Å². The number of phenolic OH excluding ortho intramolecular Hbond substituents is 1. The second-order valence-electron chi connectivity index (χ2n) is 7.99. The first-order chi connectivity index (χ1) is 15.3. The normalized spacial score (nSPS) is 19.0. The zero-order valence-electron chi connectivity index (χ0n) is 17.0. The number of phenols is 1. The first-order valence-electron chi connectivity index (χ1n) is 10.2. The number of rotatable bonds is 7. The molecule has 2 amide bonds. The molecule has 0 saturated carbocycles. The van der Waals surface area contributed by atoms with Crippen LogP contribution in [0.2, 0.25) is 0 Å². The van der Waals surface area contributed by atoms with Crippen molar-refractivity contribution in [2.24, 2.45) is 0 Å². The molecule has 2 aromatic carbocycles. The number of aliphatic carboxylic acids is 1. The zero-order chi connectivity index (χ0) is 22.9. The summed E-state index contributed by atoms with van der Waals surface area (Å²) in [7, 11) is 0. The van der Waals surface area contributed by atoms with Crippen LogP contribution in [0.3, 0.4) is 0 Å². The van der Waals surface area contributed by atoms with Crippen LogP contribution in [0.4, 0.5) is 0 Å². The van der Waals surface area contributed by atoms with Gasteiger partial charge in [0.2, 0.25) is 11.8 Å². The molecule has 3 aromatic rings. The van der Waals surface area contributed by atoms with Crippen LogP contribution in [0.5, 0.6) is 5.75 Å². The van der Waals surface area contributed by atoms with E-state index in [2.05, 4.69) is 31.5 Å². The summed E-state index contributed by atoms with van der Waals surface area (Å²) in [6.45, 7) is 0. The van der Waals surface area contributed by atoms with E-state index in [4.69, 9.17) is 0 Å². The van der Waals surface area contributed by atoms with Crippen molar-refractivity contribution in [2.75, 3.05) is 0 Å². The van der Waals surface area contributed by atoms with E-state index in [9.17, 15) is 24.6 Å². The van der Waals surface area contributed by atoms with Crippen LogP contribution < -0.4 is 10.6 Å². The minimum absolute atomic E-state index is 0.0397. The third kappa shape index (κ3) is 4.34. The van der Waals surface area contributed by atoms with E-state index in [0.717, 1.165) is 21.1 Å². The number of amides is 2. The lowest BCUT2D eigenvalue weighted by atomic mass is 9.87. The molecule has 4 rings (SSSR count). The number of carboxylic acids is 1. The Balaban J connectivity index is 1.66. The first kappa shape index (κ1) is 21.9. The number of para-hydroxylation sites is 1. The summed E-state index contributed by atoms with van der Waals surface area (Å²) in [5.41, 5.74) is 1.10. The van der Waals surface area contributed by atoms with Crippen LogP contribution in [0, 0.1) is 0 Å². The molecule has 1 aromatic heterocycles. The maximum absolute atomic E-state index is 13.5. The molecule has 2 atom stereocenters. The Labute approximate surface area is 192 Å². The van der Waals surface area contributed by atoms with Crippen LogP contribution in [-0.4, -0.2) is 38.5 Å². The van der Waals surface area contributed by atoms with E-state index in [1.807, 2.05) is 24.3 Å². The van der Waals surface area contributed by atoms with Crippen LogP contribution in [0.15, 0.2) is 53.1 Å². The fourth-order valence-electron chi connectivity index (χ4n) is 4.17. The molecule has 32 heavy (non-hydrogen) atoms. The molecule has 166 valence electrons. The molecule has 0 aliphatic carbocycles. The van der Waals surface area contributed by atoms with Gasteiger partial charge in [0.05, 0.1) is 17.1 Å². The fraction of sp³-hybridized carbons (Fsp3) is 0.261. The lowest BCUT2D eigenvalue weighted by Crippen LogP contribution is -2.56. The number of aromatic nitrogens is 1. The SMILES string of the molecule is O=C(O)C[C@@H](NC(=O)C1(Cc2c(Br)[nH]c3ccccc23)CCC(=O)N1)c1ccc(O)cc1. The quantitative estimate of drug-likeness (QED) is 0.340. The monoisotopic (exact) mass is 499 g/mol. The molecule has 8 nitrogen and oxygen atoms in total. The van der Waals surface area contributed by atoms with E-state index in [1.54, 1.807) is 12.1 Å². The average molecular weight is 500 g/mol. The van der Waals surface area contributed by atoms with Gasteiger partial charge in [0.15, 0.2) is 0 Å². The van der Waals surface area contributed by atoms with Gasteiger partial charge in [-0.2, -0.15) is 0 Å². The summed E-state index contributed by atoms with van der Waals surface area (Å²) >= 11 is 3.53. The molecule has 0 radical (unpaired) electrons. The van der Waals surface area contributed by atoms with Gasteiger partial charge in [0.1, 0.15) is 11.3 Å². The largest absolute Gasteiger partial charge is 0.508 e. The summed E-state index contributed by atoms with van der Waals surface area (Å²) < 4.78 is 0.729.